The van der Waals surface area contributed by atoms with Crippen molar-refractivity contribution in [3.63, 3.8) is 0 Å². The van der Waals surface area contributed by atoms with E-state index in [1.807, 2.05) is 11.0 Å². The number of carbonyl (C=O) groups excluding carboxylic acids is 1. The fourth-order valence-electron chi connectivity index (χ4n) is 3.93. The number of morpholine rings is 1. The van der Waals surface area contributed by atoms with E-state index < -0.39 is 0 Å². The molecule has 0 bridgehead atoms. The zero-order valence-electron chi connectivity index (χ0n) is 14.4. The fourth-order valence-corrected chi connectivity index (χ4v) is 4.10. The lowest BCUT2D eigenvalue weighted by molar-refractivity contribution is -0.0776. The van der Waals surface area contributed by atoms with Gasteiger partial charge < -0.3 is 14.0 Å². The molecule has 2 aromatic rings. The van der Waals surface area contributed by atoms with Crippen molar-refractivity contribution in [2.45, 2.75) is 31.8 Å². The third kappa shape index (κ3) is 3.26. The summed E-state index contributed by atoms with van der Waals surface area (Å²) < 4.78 is 7.58. The van der Waals surface area contributed by atoms with Crippen LogP contribution in [0.4, 0.5) is 0 Å². The largest absolute Gasteiger partial charge is 0.378 e. The number of halogens is 1. The Kier molecular flexibility index (Phi) is 4.67. The maximum Gasteiger partial charge on any atom is 0.274 e. The lowest BCUT2D eigenvalue weighted by Crippen LogP contribution is -2.62. The van der Waals surface area contributed by atoms with Crippen molar-refractivity contribution in [1.29, 1.82) is 0 Å². The summed E-state index contributed by atoms with van der Waals surface area (Å²) in [5.41, 5.74) is 1.20. The summed E-state index contributed by atoms with van der Waals surface area (Å²) in [4.78, 5) is 21.8. The van der Waals surface area contributed by atoms with Gasteiger partial charge in [-0.15, -0.1) is 0 Å². The molecule has 2 atom stereocenters. The Bertz CT molecular complexity index is 776. The van der Waals surface area contributed by atoms with E-state index in [1.54, 1.807) is 22.9 Å². The Morgan fingerprint density at radius 1 is 1.32 bits per heavy atom. The van der Waals surface area contributed by atoms with Crippen LogP contribution >= 0.6 is 11.6 Å². The Morgan fingerprint density at radius 3 is 3.04 bits per heavy atom. The van der Waals surface area contributed by atoms with E-state index in [4.69, 9.17) is 16.3 Å². The van der Waals surface area contributed by atoms with Crippen molar-refractivity contribution in [2.24, 2.45) is 0 Å². The normalized spacial score (nSPS) is 24.5. The number of piperazine rings is 1. The van der Waals surface area contributed by atoms with E-state index in [0.29, 0.717) is 29.9 Å². The van der Waals surface area contributed by atoms with E-state index in [9.17, 15) is 4.79 Å². The predicted molar refractivity (Wildman–Crippen MR) is 96.1 cm³/mol. The number of pyridine rings is 1. The predicted octanol–water partition coefficient (Wildman–Crippen LogP) is 2.31. The maximum absolute atomic E-state index is 12.9. The van der Waals surface area contributed by atoms with Crippen LogP contribution in [0, 0.1) is 0 Å². The third-order valence-corrected chi connectivity index (χ3v) is 5.38. The summed E-state index contributed by atoms with van der Waals surface area (Å²) in [6.45, 7) is 6.07. The highest BCUT2D eigenvalue weighted by Crippen LogP contribution is 2.22. The molecule has 0 spiro atoms. The molecular formula is C18H23ClN4O2. The van der Waals surface area contributed by atoms with Crippen LogP contribution in [0.3, 0.4) is 0 Å². The molecule has 0 saturated carbocycles. The zero-order valence-corrected chi connectivity index (χ0v) is 15.2. The molecule has 0 aliphatic carbocycles. The van der Waals surface area contributed by atoms with Crippen molar-refractivity contribution >= 4 is 23.2 Å². The van der Waals surface area contributed by atoms with Gasteiger partial charge in [-0.1, -0.05) is 24.9 Å². The van der Waals surface area contributed by atoms with Gasteiger partial charge in [0, 0.05) is 38.1 Å². The van der Waals surface area contributed by atoms with E-state index in [1.165, 1.54) is 0 Å². The number of imidazole rings is 1. The first-order chi connectivity index (χ1) is 12.2. The van der Waals surface area contributed by atoms with Crippen LogP contribution < -0.4 is 0 Å². The number of hydrogen-bond donors (Lipinski definition) is 0. The van der Waals surface area contributed by atoms with Gasteiger partial charge in [-0.3, -0.25) is 9.69 Å². The molecule has 4 heterocycles. The van der Waals surface area contributed by atoms with Crippen LogP contribution in [0.2, 0.25) is 5.02 Å². The van der Waals surface area contributed by atoms with Gasteiger partial charge in [0.1, 0.15) is 11.3 Å². The van der Waals surface area contributed by atoms with Gasteiger partial charge in [0.15, 0.2) is 0 Å². The number of rotatable bonds is 3. The molecule has 7 heteroatoms. The van der Waals surface area contributed by atoms with Crippen molar-refractivity contribution in [3.05, 3.63) is 35.2 Å². The van der Waals surface area contributed by atoms with Gasteiger partial charge in [0.05, 0.1) is 24.3 Å². The zero-order chi connectivity index (χ0) is 17.4. The van der Waals surface area contributed by atoms with Crippen molar-refractivity contribution in [1.82, 2.24) is 19.2 Å². The highest BCUT2D eigenvalue weighted by molar-refractivity contribution is 6.30. The molecule has 2 aromatic heterocycles. The quantitative estimate of drug-likeness (QED) is 0.840. The minimum Gasteiger partial charge on any atom is -0.378 e. The smallest absolute Gasteiger partial charge is 0.274 e. The second kappa shape index (κ2) is 6.94. The van der Waals surface area contributed by atoms with Gasteiger partial charge in [-0.05, 0) is 18.6 Å². The molecule has 0 N–H and O–H groups in total. The van der Waals surface area contributed by atoms with Crippen molar-refractivity contribution in [3.8, 4) is 0 Å². The fraction of sp³-hybridized carbons (Fsp3) is 0.556. The van der Waals surface area contributed by atoms with Crippen LogP contribution in [0.15, 0.2) is 24.5 Å². The van der Waals surface area contributed by atoms with Gasteiger partial charge in [-0.2, -0.15) is 0 Å². The highest BCUT2D eigenvalue weighted by Gasteiger charge is 2.37. The first-order valence-corrected chi connectivity index (χ1v) is 9.30. The second-order valence-electron chi connectivity index (χ2n) is 6.86. The van der Waals surface area contributed by atoms with E-state index in [2.05, 4.69) is 16.8 Å². The molecule has 134 valence electrons. The van der Waals surface area contributed by atoms with Gasteiger partial charge in [-0.25, -0.2) is 4.98 Å². The Hall–Kier alpha value is -1.63. The van der Waals surface area contributed by atoms with Crippen LogP contribution in [0.5, 0.6) is 0 Å². The first-order valence-electron chi connectivity index (χ1n) is 8.92. The molecule has 25 heavy (non-hydrogen) atoms. The molecule has 0 unspecified atom stereocenters. The summed E-state index contributed by atoms with van der Waals surface area (Å²) in [6.07, 6.45) is 5.83. The van der Waals surface area contributed by atoms with Crippen LogP contribution in [-0.2, 0) is 4.74 Å². The second-order valence-corrected chi connectivity index (χ2v) is 7.30. The standard InChI is InChI=1S/C18H23ClN4O2/c1-2-3-14-11-25-12-15-9-21(6-7-23(14)15)18(24)16-10-22-8-13(19)4-5-17(22)20-16/h4-5,8,10,14-15H,2-3,6-7,9,11-12H2,1H3/t14-,15+/m0/s1. The summed E-state index contributed by atoms with van der Waals surface area (Å²) in [6, 6.07) is 4.37. The molecule has 2 fully saturated rings. The SMILES string of the molecule is CCC[C@H]1COC[C@H]2CN(C(=O)c3cn4cc(Cl)ccc4n3)CCN12. The Morgan fingerprint density at radius 2 is 2.20 bits per heavy atom. The average Bonchev–Trinajstić information content (AvgIpc) is 3.04. The van der Waals surface area contributed by atoms with Crippen LogP contribution in [-0.4, -0.2) is 70.0 Å². The van der Waals surface area contributed by atoms with Crippen molar-refractivity contribution < 1.29 is 9.53 Å². The Balaban J connectivity index is 1.49. The number of nitrogens with zero attached hydrogens (tertiary/aromatic N) is 4. The van der Waals surface area contributed by atoms with E-state index in [-0.39, 0.29) is 11.9 Å². The lowest BCUT2D eigenvalue weighted by atomic mass is 10.0. The monoisotopic (exact) mass is 362 g/mol. The van der Waals surface area contributed by atoms with Gasteiger partial charge in [0.2, 0.25) is 0 Å². The summed E-state index contributed by atoms with van der Waals surface area (Å²) in [5, 5.41) is 0.624. The average molecular weight is 363 g/mol. The lowest BCUT2D eigenvalue weighted by Gasteiger charge is -2.47. The molecule has 4 rings (SSSR count). The first kappa shape index (κ1) is 16.8. The van der Waals surface area contributed by atoms with E-state index in [0.717, 1.165) is 38.2 Å². The third-order valence-electron chi connectivity index (χ3n) is 5.16. The topological polar surface area (TPSA) is 50.1 Å². The summed E-state index contributed by atoms with van der Waals surface area (Å²) in [5.74, 6) is -0.0166. The molecule has 0 aromatic carbocycles. The van der Waals surface area contributed by atoms with E-state index >= 15 is 0 Å². The number of fused-ring (bicyclic) bond motifs is 2. The number of hydrogen-bond acceptors (Lipinski definition) is 4. The summed E-state index contributed by atoms with van der Waals surface area (Å²) >= 11 is 6.01. The summed E-state index contributed by atoms with van der Waals surface area (Å²) in [7, 11) is 0. The molecule has 1 amide bonds. The Labute approximate surface area is 152 Å². The highest BCUT2D eigenvalue weighted by atomic mass is 35.5. The van der Waals surface area contributed by atoms with Gasteiger partial charge >= 0.3 is 0 Å². The van der Waals surface area contributed by atoms with Crippen LogP contribution in [0.25, 0.3) is 5.65 Å². The molecule has 2 aliphatic rings. The molecule has 2 aliphatic heterocycles. The number of amides is 1. The van der Waals surface area contributed by atoms with Crippen molar-refractivity contribution in [2.75, 3.05) is 32.8 Å². The number of ether oxygens (including phenoxy) is 1. The maximum atomic E-state index is 12.9. The molecule has 2 saturated heterocycles. The minimum atomic E-state index is -0.0166. The molecule has 0 radical (unpaired) electrons. The molecular weight excluding hydrogens is 340 g/mol. The van der Waals surface area contributed by atoms with Gasteiger partial charge in [0.25, 0.3) is 5.91 Å². The molecule has 6 nitrogen and oxygen atoms in total. The number of carbonyl (C=O) groups is 1. The number of aromatic nitrogens is 2. The van der Waals surface area contributed by atoms with Crippen LogP contribution in [0.1, 0.15) is 30.3 Å². The minimum absolute atomic E-state index is 0.0166.